The highest BCUT2D eigenvalue weighted by atomic mass is 32.3. The second-order valence-corrected chi connectivity index (χ2v) is 5.00. The van der Waals surface area contributed by atoms with Crippen molar-refractivity contribution in [3.8, 4) is 0 Å². The number of rotatable bonds is 4. The van der Waals surface area contributed by atoms with Crippen molar-refractivity contribution >= 4 is 16.3 Å². The molecule has 0 saturated carbocycles. The fraction of sp³-hybridized carbons (Fsp3) is 0.875. The van der Waals surface area contributed by atoms with Crippen molar-refractivity contribution in [2.45, 2.75) is 37.6 Å². The molecule has 0 aromatic rings. The molecule has 19 heavy (non-hydrogen) atoms. The molecule has 1 heterocycles. The van der Waals surface area contributed by atoms with Gasteiger partial charge in [-0.05, 0) is 0 Å². The van der Waals surface area contributed by atoms with E-state index in [1.54, 1.807) is 0 Å². The lowest BCUT2D eigenvalue weighted by atomic mass is 9.97. The third-order valence-electron chi connectivity index (χ3n) is 2.47. The first kappa shape index (κ1) is 16.2. The van der Waals surface area contributed by atoms with Gasteiger partial charge in [0.25, 0.3) is 0 Å². The van der Waals surface area contributed by atoms with Crippen molar-refractivity contribution in [3.05, 3.63) is 0 Å². The van der Waals surface area contributed by atoms with Gasteiger partial charge in [0.1, 0.15) is 24.4 Å². The molecule has 0 spiro atoms. The minimum atomic E-state index is -4.91. The van der Waals surface area contributed by atoms with Crippen molar-refractivity contribution in [2.75, 3.05) is 6.61 Å². The molecule has 1 saturated heterocycles. The number of carbonyl (C=O) groups is 1. The molecule has 0 bridgehead atoms. The molecular formula is C8H15NO9S. The van der Waals surface area contributed by atoms with E-state index in [4.69, 9.17) is 14.4 Å². The van der Waals surface area contributed by atoms with Crippen molar-refractivity contribution in [1.82, 2.24) is 5.32 Å². The average molecular weight is 301 g/mol. The number of hydrogen-bond acceptors (Lipinski definition) is 8. The first-order chi connectivity index (χ1) is 8.65. The van der Waals surface area contributed by atoms with Crippen molar-refractivity contribution in [1.29, 1.82) is 0 Å². The van der Waals surface area contributed by atoms with E-state index >= 15 is 0 Å². The fourth-order valence-electron chi connectivity index (χ4n) is 1.73. The number of amides is 1. The Morgan fingerprint density at radius 3 is 2.42 bits per heavy atom. The molecule has 0 aromatic heterocycles. The fourth-order valence-corrected chi connectivity index (χ4v) is 2.25. The van der Waals surface area contributed by atoms with Crippen molar-refractivity contribution in [2.24, 2.45) is 0 Å². The Morgan fingerprint density at radius 2 is 2.00 bits per heavy atom. The van der Waals surface area contributed by atoms with E-state index in [-0.39, 0.29) is 0 Å². The van der Waals surface area contributed by atoms with E-state index in [1.807, 2.05) is 0 Å². The van der Waals surface area contributed by atoms with Crippen LogP contribution in [-0.2, 0) is 24.1 Å². The van der Waals surface area contributed by atoms with Crippen LogP contribution in [0.5, 0.6) is 0 Å². The molecule has 1 fully saturated rings. The predicted octanol–water partition coefficient (Wildman–Crippen LogP) is -3.25. The Kier molecular flexibility index (Phi) is 5.20. The largest absolute Gasteiger partial charge is 0.397 e. The van der Waals surface area contributed by atoms with Crippen molar-refractivity contribution in [3.63, 3.8) is 0 Å². The SMILES string of the molecule is CC(=O)N[C@H]1C(O)O[C@H](CO)[C@H](OS(=O)(=O)O)[C@@H]1O. The molecule has 1 amide bonds. The van der Waals surface area contributed by atoms with Crippen LogP contribution in [0, 0.1) is 0 Å². The Morgan fingerprint density at radius 1 is 1.42 bits per heavy atom. The van der Waals surface area contributed by atoms with E-state index in [9.17, 15) is 23.4 Å². The zero-order chi connectivity index (χ0) is 14.8. The van der Waals surface area contributed by atoms with Crippen LogP contribution in [0.15, 0.2) is 0 Å². The summed E-state index contributed by atoms with van der Waals surface area (Å²) in [4.78, 5) is 10.9. The summed E-state index contributed by atoms with van der Waals surface area (Å²) in [5, 5.41) is 30.5. The summed E-state index contributed by atoms with van der Waals surface area (Å²) >= 11 is 0. The summed E-state index contributed by atoms with van der Waals surface area (Å²) in [6, 6.07) is -1.37. The minimum absolute atomic E-state index is 0.611. The van der Waals surface area contributed by atoms with Gasteiger partial charge in [-0.15, -0.1) is 0 Å². The maximum atomic E-state index is 10.9. The average Bonchev–Trinajstić information content (AvgIpc) is 2.26. The van der Waals surface area contributed by atoms with Gasteiger partial charge in [0.15, 0.2) is 6.29 Å². The zero-order valence-corrected chi connectivity index (χ0v) is 10.6. The molecule has 5 N–H and O–H groups in total. The quantitative estimate of drug-likeness (QED) is 0.335. The van der Waals surface area contributed by atoms with Crippen LogP contribution in [0.25, 0.3) is 0 Å². The van der Waals surface area contributed by atoms with Crippen LogP contribution in [-0.4, -0.2) is 71.4 Å². The highest BCUT2D eigenvalue weighted by Gasteiger charge is 2.47. The number of aliphatic hydroxyl groups excluding tert-OH is 3. The molecule has 112 valence electrons. The molecule has 11 heteroatoms. The highest BCUT2D eigenvalue weighted by molar-refractivity contribution is 7.80. The number of hydrogen-bond donors (Lipinski definition) is 5. The minimum Gasteiger partial charge on any atom is -0.394 e. The summed E-state index contributed by atoms with van der Waals surface area (Å²) < 4.78 is 38.9. The second kappa shape index (κ2) is 6.09. The van der Waals surface area contributed by atoms with Gasteiger partial charge in [0.05, 0.1) is 6.61 Å². The zero-order valence-electron chi connectivity index (χ0n) is 9.83. The van der Waals surface area contributed by atoms with Gasteiger partial charge in [-0.25, -0.2) is 4.18 Å². The van der Waals surface area contributed by atoms with Crippen LogP contribution in [0.1, 0.15) is 6.92 Å². The summed E-state index contributed by atoms with van der Waals surface area (Å²) in [7, 11) is -4.91. The third kappa shape index (κ3) is 4.35. The molecule has 0 radical (unpaired) electrons. The maximum Gasteiger partial charge on any atom is 0.397 e. The predicted molar refractivity (Wildman–Crippen MR) is 58.0 cm³/mol. The lowest BCUT2D eigenvalue weighted by Crippen LogP contribution is -2.64. The van der Waals surface area contributed by atoms with E-state index in [0.717, 1.165) is 6.92 Å². The second-order valence-electron chi connectivity index (χ2n) is 3.95. The van der Waals surface area contributed by atoms with Gasteiger partial charge in [0, 0.05) is 6.92 Å². The number of carbonyl (C=O) groups excluding carboxylic acids is 1. The highest BCUT2D eigenvalue weighted by Crippen LogP contribution is 2.23. The van der Waals surface area contributed by atoms with E-state index in [0.29, 0.717) is 0 Å². The van der Waals surface area contributed by atoms with Crippen LogP contribution in [0.4, 0.5) is 0 Å². The summed E-state index contributed by atoms with van der Waals surface area (Å²) in [6.45, 7) is 0.331. The smallest absolute Gasteiger partial charge is 0.394 e. The molecule has 0 aliphatic carbocycles. The Labute approximate surface area is 108 Å². The molecule has 1 aliphatic rings. The van der Waals surface area contributed by atoms with Gasteiger partial charge in [-0.1, -0.05) is 0 Å². The molecular weight excluding hydrogens is 286 g/mol. The molecule has 5 atom stereocenters. The monoisotopic (exact) mass is 301 g/mol. The first-order valence-corrected chi connectivity index (χ1v) is 6.57. The Bertz CT molecular complexity index is 424. The van der Waals surface area contributed by atoms with Crippen LogP contribution in [0.3, 0.4) is 0 Å². The van der Waals surface area contributed by atoms with Gasteiger partial charge >= 0.3 is 10.4 Å². The molecule has 1 unspecified atom stereocenters. The van der Waals surface area contributed by atoms with E-state index < -0.39 is 53.6 Å². The van der Waals surface area contributed by atoms with E-state index in [2.05, 4.69) is 9.50 Å². The number of nitrogens with one attached hydrogen (secondary N) is 1. The van der Waals surface area contributed by atoms with Gasteiger partial charge in [-0.3, -0.25) is 9.35 Å². The van der Waals surface area contributed by atoms with Gasteiger partial charge in [-0.2, -0.15) is 8.42 Å². The van der Waals surface area contributed by atoms with E-state index in [1.165, 1.54) is 0 Å². The summed E-state index contributed by atoms with van der Waals surface area (Å²) in [5.74, 6) is -0.611. The molecule has 1 aliphatic heterocycles. The normalized spacial score (nSPS) is 35.9. The Hall–Kier alpha value is -0.820. The maximum absolute atomic E-state index is 10.9. The number of aliphatic hydroxyl groups is 3. The molecule has 0 aromatic carbocycles. The standard InChI is InChI=1S/C8H15NO9S/c1-3(11)9-5-6(12)7(18-19(14,15)16)4(2-10)17-8(5)13/h4-8,10,12-13H,2H2,1H3,(H,9,11)(H,14,15,16)/t4-,5-,6-,7+,8?/m1/s1. The topological polar surface area (TPSA) is 163 Å². The summed E-state index contributed by atoms with van der Waals surface area (Å²) in [6.07, 6.45) is -6.46. The molecule has 10 nitrogen and oxygen atoms in total. The first-order valence-electron chi connectivity index (χ1n) is 5.21. The van der Waals surface area contributed by atoms with Crippen molar-refractivity contribution < 1.29 is 42.0 Å². The lowest BCUT2D eigenvalue weighted by Gasteiger charge is -2.41. The van der Waals surface area contributed by atoms with Crippen LogP contribution < -0.4 is 5.32 Å². The van der Waals surface area contributed by atoms with Crippen LogP contribution >= 0.6 is 0 Å². The molecule has 1 rings (SSSR count). The van der Waals surface area contributed by atoms with Gasteiger partial charge in [0.2, 0.25) is 5.91 Å². The summed E-state index contributed by atoms with van der Waals surface area (Å²) in [5.41, 5.74) is 0. The van der Waals surface area contributed by atoms with Gasteiger partial charge < -0.3 is 25.4 Å². The lowest BCUT2D eigenvalue weighted by molar-refractivity contribution is -0.248. The van der Waals surface area contributed by atoms with Crippen LogP contribution in [0.2, 0.25) is 0 Å². The Balaban J connectivity index is 2.94. The number of ether oxygens (including phenoxy) is 1. The third-order valence-corrected chi connectivity index (χ3v) is 2.94.